The van der Waals surface area contributed by atoms with E-state index in [-0.39, 0.29) is 11.7 Å². The lowest BCUT2D eigenvalue weighted by atomic mass is 10.2. The van der Waals surface area contributed by atoms with Gasteiger partial charge in [0.2, 0.25) is 0 Å². The fourth-order valence-electron chi connectivity index (χ4n) is 1.49. The van der Waals surface area contributed by atoms with Crippen molar-refractivity contribution in [1.29, 1.82) is 5.26 Å². The molecule has 0 bridgehead atoms. The molecule has 0 atom stereocenters. The standard InChI is InChI=1S/C13H8ClF2N3/c14-12-4-9(6-17)5-13(19-12)18-7-8-1-2-10(15)11(16)3-8/h1-5H,7H2,(H,18,19). The zero-order valence-corrected chi connectivity index (χ0v) is 10.4. The molecule has 0 unspecified atom stereocenters. The predicted molar refractivity (Wildman–Crippen MR) is 67.6 cm³/mol. The molecule has 1 aromatic carbocycles. The van der Waals surface area contributed by atoms with Crippen LogP contribution in [-0.2, 0) is 6.54 Å². The summed E-state index contributed by atoms with van der Waals surface area (Å²) in [5.41, 5.74) is 0.923. The fraction of sp³-hybridized carbons (Fsp3) is 0.0769. The van der Waals surface area contributed by atoms with Crippen molar-refractivity contribution < 1.29 is 8.78 Å². The zero-order chi connectivity index (χ0) is 13.8. The summed E-state index contributed by atoms with van der Waals surface area (Å²) in [6.45, 7) is 0.245. The van der Waals surface area contributed by atoms with Crippen LogP contribution >= 0.6 is 11.6 Å². The van der Waals surface area contributed by atoms with E-state index < -0.39 is 11.6 Å². The monoisotopic (exact) mass is 279 g/mol. The number of halogens is 3. The summed E-state index contributed by atoms with van der Waals surface area (Å²) in [6, 6.07) is 8.51. The van der Waals surface area contributed by atoms with Gasteiger partial charge in [-0.1, -0.05) is 17.7 Å². The molecule has 6 heteroatoms. The summed E-state index contributed by atoms with van der Waals surface area (Å²) in [4.78, 5) is 3.97. The first kappa shape index (κ1) is 13.2. The molecular formula is C13H8ClF2N3. The number of benzene rings is 1. The van der Waals surface area contributed by atoms with Crippen LogP contribution in [-0.4, -0.2) is 4.98 Å². The first-order valence-electron chi connectivity index (χ1n) is 5.34. The Morgan fingerprint density at radius 2 is 2.00 bits per heavy atom. The zero-order valence-electron chi connectivity index (χ0n) is 9.62. The number of hydrogen-bond donors (Lipinski definition) is 1. The molecule has 19 heavy (non-hydrogen) atoms. The first-order chi connectivity index (χ1) is 9.08. The van der Waals surface area contributed by atoms with E-state index >= 15 is 0 Å². The second-order valence-electron chi connectivity index (χ2n) is 3.78. The van der Waals surface area contributed by atoms with Gasteiger partial charge >= 0.3 is 0 Å². The van der Waals surface area contributed by atoms with Gasteiger partial charge in [-0.15, -0.1) is 0 Å². The Morgan fingerprint density at radius 3 is 2.68 bits per heavy atom. The van der Waals surface area contributed by atoms with E-state index in [1.165, 1.54) is 18.2 Å². The van der Waals surface area contributed by atoms with Crippen LogP contribution in [0.25, 0.3) is 0 Å². The Balaban J connectivity index is 2.12. The van der Waals surface area contributed by atoms with Gasteiger partial charge in [0.25, 0.3) is 0 Å². The van der Waals surface area contributed by atoms with E-state index in [2.05, 4.69) is 10.3 Å². The number of anilines is 1. The Labute approximate surface area is 113 Å². The van der Waals surface area contributed by atoms with Crippen molar-refractivity contribution in [3.8, 4) is 6.07 Å². The smallest absolute Gasteiger partial charge is 0.159 e. The number of aromatic nitrogens is 1. The number of nitriles is 1. The minimum atomic E-state index is -0.906. The van der Waals surface area contributed by atoms with Gasteiger partial charge in [-0.2, -0.15) is 5.26 Å². The van der Waals surface area contributed by atoms with E-state index in [1.54, 1.807) is 0 Å². The molecule has 0 fully saturated rings. The third-order valence-corrected chi connectivity index (χ3v) is 2.57. The van der Waals surface area contributed by atoms with E-state index in [4.69, 9.17) is 16.9 Å². The quantitative estimate of drug-likeness (QED) is 0.875. The molecule has 0 aliphatic heterocycles. The highest BCUT2D eigenvalue weighted by molar-refractivity contribution is 6.29. The number of hydrogen-bond acceptors (Lipinski definition) is 3. The maximum Gasteiger partial charge on any atom is 0.159 e. The van der Waals surface area contributed by atoms with Gasteiger partial charge in [-0.05, 0) is 29.8 Å². The van der Waals surface area contributed by atoms with E-state index in [1.807, 2.05) is 6.07 Å². The highest BCUT2D eigenvalue weighted by Gasteiger charge is 2.04. The minimum absolute atomic E-state index is 0.187. The molecule has 0 amide bonds. The molecule has 0 radical (unpaired) electrons. The number of nitrogens with one attached hydrogen (secondary N) is 1. The molecule has 3 nitrogen and oxygen atoms in total. The van der Waals surface area contributed by atoms with E-state index in [9.17, 15) is 8.78 Å². The Kier molecular flexibility index (Phi) is 3.93. The Morgan fingerprint density at radius 1 is 1.21 bits per heavy atom. The van der Waals surface area contributed by atoms with Gasteiger partial charge in [0, 0.05) is 6.54 Å². The third kappa shape index (κ3) is 3.39. The summed E-state index contributed by atoms with van der Waals surface area (Å²) in [6.07, 6.45) is 0. The molecule has 96 valence electrons. The van der Waals surface area contributed by atoms with Crippen LogP contribution < -0.4 is 5.32 Å². The molecule has 0 saturated carbocycles. The van der Waals surface area contributed by atoms with Crippen molar-refractivity contribution in [2.45, 2.75) is 6.54 Å². The second kappa shape index (κ2) is 5.63. The number of pyridine rings is 1. The fourth-order valence-corrected chi connectivity index (χ4v) is 1.70. The van der Waals surface area contributed by atoms with Crippen LogP contribution in [0.4, 0.5) is 14.6 Å². The molecular weight excluding hydrogens is 272 g/mol. The lowest BCUT2D eigenvalue weighted by Gasteiger charge is -2.07. The van der Waals surface area contributed by atoms with Crippen molar-refractivity contribution in [3.63, 3.8) is 0 Å². The molecule has 1 aromatic heterocycles. The van der Waals surface area contributed by atoms with Crippen LogP contribution in [0.3, 0.4) is 0 Å². The average Bonchev–Trinajstić information content (AvgIpc) is 2.39. The predicted octanol–water partition coefficient (Wildman–Crippen LogP) is 3.50. The van der Waals surface area contributed by atoms with Crippen molar-refractivity contribution in [3.05, 3.63) is 58.2 Å². The van der Waals surface area contributed by atoms with Crippen molar-refractivity contribution in [2.24, 2.45) is 0 Å². The average molecular weight is 280 g/mol. The van der Waals surface area contributed by atoms with E-state index in [0.29, 0.717) is 16.9 Å². The van der Waals surface area contributed by atoms with Crippen LogP contribution in [0.1, 0.15) is 11.1 Å². The lowest BCUT2D eigenvalue weighted by Crippen LogP contribution is -2.02. The first-order valence-corrected chi connectivity index (χ1v) is 5.72. The van der Waals surface area contributed by atoms with Gasteiger partial charge in [0.05, 0.1) is 11.6 Å². The van der Waals surface area contributed by atoms with Crippen LogP contribution in [0.15, 0.2) is 30.3 Å². The summed E-state index contributed by atoms with van der Waals surface area (Å²) >= 11 is 5.74. The van der Waals surface area contributed by atoms with Gasteiger partial charge in [0.15, 0.2) is 11.6 Å². The third-order valence-electron chi connectivity index (χ3n) is 2.38. The molecule has 0 saturated heterocycles. The minimum Gasteiger partial charge on any atom is -0.366 e. The molecule has 0 aliphatic carbocycles. The van der Waals surface area contributed by atoms with Crippen molar-refractivity contribution in [2.75, 3.05) is 5.32 Å². The maximum atomic E-state index is 13.0. The molecule has 1 N–H and O–H groups in total. The molecule has 2 rings (SSSR count). The van der Waals surface area contributed by atoms with Gasteiger partial charge < -0.3 is 5.32 Å². The molecule has 0 spiro atoms. The van der Waals surface area contributed by atoms with Gasteiger partial charge in [0.1, 0.15) is 11.0 Å². The summed E-state index contributed by atoms with van der Waals surface area (Å²) in [5.74, 6) is -1.40. The van der Waals surface area contributed by atoms with Crippen LogP contribution in [0.2, 0.25) is 5.15 Å². The summed E-state index contributed by atoms with van der Waals surface area (Å²) < 4.78 is 25.8. The number of nitrogens with zero attached hydrogens (tertiary/aromatic N) is 2. The summed E-state index contributed by atoms with van der Waals surface area (Å²) in [7, 11) is 0. The lowest BCUT2D eigenvalue weighted by molar-refractivity contribution is 0.507. The topological polar surface area (TPSA) is 48.7 Å². The highest BCUT2D eigenvalue weighted by atomic mass is 35.5. The largest absolute Gasteiger partial charge is 0.366 e. The summed E-state index contributed by atoms with van der Waals surface area (Å²) in [5, 5.41) is 11.9. The van der Waals surface area contributed by atoms with Crippen LogP contribution in [0.5, 0.6) is 0 Å². The molecule has 2 aromatic rings. The Hall–Kier alpha value is -2.19. The second-order valence-corrected chi connectivity index (χ2v) is 4.16. The van der Waals surface area contributed by atoms with Crippen molar-refractivity contribution in [1.82, 2.24) is 4.98 Å². The van der Waals surface area contributed by atoms with Gasteiger partial charge in [-0.25, -0.2) is 13.8 Å². The highest BCUT2D eigenvalue weighted by Crippen LogP contribution is 2.15. The number of rotatable bonds is 3. The normalized spacial score (nSPS) is 10.0. The SMILES string of the molecule is N#Cc1cc(Cl)nc(NCc2ccc(F)c(F)c2)c1. The van der Waals surface area contributed by atoms with Crippen LogP contribution in [0, 0.1) is 23.0 Å². The molecule has 0 aliphatic rings. The van der Waals surface area contributed by atoms with Crippen molar-refractivity contribution >= 4 is 17.4 Å². The van der Waals surface area contributed by atoms with Gasteiger partial charge in [-0.3, -0.25) is 0 Å². The van der Waals surface area contributed by atoms with E-state index in [0.717, 1.165) is 12.1 Å². The maximum absolute atomic E-state index is 13.0. The Bertz CT molecular complexity index is 653. The molecule has 1 heterocycles.